The molecule has 3 aromatic rings. The molecule has 162 valence electrons. The summed E-state index contributed by atoms with van der Waals surface area (Å²) in [7, 11) is 0. The Hall–Kier alpha value is -2.92. The summed E-state index contributed by atoms with van der Waals surface area (Å²) < 4.78 is 19.6. The summed E-state index contributed by atoms with van der Waals surface area (Å²) in [6.07, 6.45) is 5.99. The number of hydrogen-bond donors (Lipinski definition) is 1. The summed E-state index contributed by atoms with van der Waals surface area (Å²) >= 11 is 0. The first-order valence-electron chi connectivity index (χ1n) is 11.1. The van der Waals surface area contributed by atoms with E-state index in [9.17, 15) is 9.18 Å². The van der Waals surface area contributed by atoms with Gasteiger partial charge < -0.3 is 9.73 Å². The number of nitrogens with zero attached hydrogens (tertiary/aromatic N) is 1. The van der Waals surface area contributed by atoms with Crippen LogP contribution in [0.3, 0.4) is 0 Å². The third-order valence-corrected chi connectivity index (χ3v) is 5.91. The van der Waals surface area contributed by atoms with Gasteiger partial charge in [-0.2, -0.15) is 0 Å². The van der Waals surface area contributed by atoms with Crippen LogP contribution in [0.1, 0.15) is 59.5 Å². The summed E-state index contributed by atoms with van der Waals surface area (Å²) in [5.74, 6) is 0.646. The monoisotopic (exact) mass is 420 g/mol. The first-order valence-corrected chi connectivity index (χ1v) is 11.1. The molecule has 0 saturated heterocycles. The van der Waals surface area contributed by atoms with Crippen molar-refractivity contribution in [3.63, 3.8) is 0 Å². The van der Waals surface area contributed by atoms with Crippen molar-refractivity contribution in [2.75, 3.05) is 0 Å². The van der Waals surface area contributed by atoms with E-state index >= 15 is 0 Å². The lowest BCUT2D eigenvalue weighted by Crippen LogP contribution is -2.35. The molecular formula is C26H29FN2O2. The largest absolute Gasteiger partial charge is 0.455 e. The lowest BCUT2D eigenvalue weighted by atomic mass is 9.93. The van der Waals surface area contributed by atoms with Crippen molar-refractivity contribution < 1.29 is 13.6 Å². The molecule has 0 unspecified atom stereocenters. The van der Waals surface area contributed by atoms with Gasteiger partial charge in [-0.25, -0.2) is 4.39 Å². The van der Waals surface area contributed by atoms with Crippen LogP contribution in [0.5, 0.6) is 0 Å². The van der Waals surface area contributed by atoms with Crippen LogP contribution in [0.25, 0.3) is 0 Å². The van der Waals surface area contributed by atoms with E-state index in [1.807, 2.05) is 42.5 Å². The van der Waals surface area contributed by atoms with Crippen LogP contribution in [-0.4, -0.2) is 16.8 Å². The average molecular weight is 421 g/mol. The topological polar surface area (TPSA) is 45.5 Å². The molecular weight excluding hydrogens is 391 g/mol. The number of carbonyl (C=O) groups is 1. The average Bonchev–Trinajstić information content (AvgIpc) is 3.27. The highest BCUT2D eigenvalue weighted by Gasteiger charge is 2.23. The van der Waals surface area contributed by atoms with Gasteiger partial charge in [-0.15, -0.1) is 0 Å². The molecule has 1 aromatic heterocycles. The second kappa shape index (κ2) is 10.4. The van der Waals surface area contributed by atoms with E-state index in [1.165, 1.54) is 25.3 Å². The number of rotatable bonds is 8. The molecule has 4 nitrogen and oxygen atoms in total. The highest BCUT2D eigenvalue weighted by Crippen LogP contribution is 2.26. The van der Waals surface area contributed by atoms with E-state index in [4.69, 9.17) is 4.42 Å². The normalized spacial score (nSPS) is 14.6. The van der Waals surface area contributed by atoms with Gasteiger partial charge in [0.05, 0.1) is 6.54 Å². The maximum atomic E-state index is 13.7. The fourth-order valence-electron chi connectivity index (χ4n) is 4.28. The standard InChI is InChI=1S/C26H29FN2O2/c27-22-11-7-10-21(16-22)18-29(23-12-5-2-6-13-23)19-24-14-15-25(31-24)26(30)28-17-20-8-3-1-4-9-20/h1,3-4,7-11,14-16,23H,2,5-6,12-13,17-19H2,(H,28,30). The van der Waals surface area contributed by atoms with Crippen LogP contribution in [-0.2, 0) is 19.6 Å². The number of benzene rings is 2. The van der Waals surface area contributed by atoms with Crippen molar-refractivity contribution in [3.8, 4) is 0 Å². The Morgan fingerprint density at radius 1 is 0.935 bits per heavy atom. The SMILES string of the molecule is O=C(NCc1ccccc1)c1ccc(CN(Cc2cccc(F)c2)C2CCCCC2)o1. The number of amides is 1. The van der Waals surface area contributed by atoms with Crippen LogP contribution < -0.4 is 5.32 Å². The van der Waals surface area contributed by atoms with Crippen molar-refractivity contribution >= 4 is 5.91 Å². The third-order valence-electron chi connectivity index (χ3n) is 5.91. The van der Waals surface area contributed by atoms with Gasteiger partial charge in [-0.3, -0.25) is 9.69 Å². The Morgan fingerprint density at radius 2 is 1.71 bits per heavy atom. The zero-order valence-electron chi connectivity index (χ0n) is 17.7. The van der Waals surface area contributed by atoms with Crippen LogP contribution in [0, 0.1) is 5.82 Å². The molecule has 0 aliphatic heterocycles. The quantitative estimate of drug-likeness (QED) is 0.510. The van der Waals surface area contributed by atoms with Gasteiger partial charge in [-0.1, -0.05) is 61.7 Å². The number of hydrogen-bond acceptors (Lipinski definition) is 3. The van der Waals surface area contributed by atoms with E-state index in [-0.39, 0.29) is 11.7 Å². The Morgan fingerprint density at radius 3 is 2.48 bits per heavy atom. The second-order valence-corrected chi connectivity index (χ2v) is 8.26. The van der Waals surface area contributed by atoms with Gasteiger partial charge in [0.15, 0.2) is 5.76 Å². The van der Waals surface area contributed by atoms with Crippen molar-refractivity contribution in [2.45, 2.75) is 57.8 Å². The van der Waals surface area contributed by atoms with Gasteiger partial charge in [0.25, 0.3) is 5.91 Å². The van der Waals surface area contributed by atoms with Crippen LogP contribution in [0.15, 0.2) is 71.1 Å². The van der Waals surface area contributed by atoms with Crippen LogP contribution >= 0.6 is 0 Å². The summed E-state index contributed by atoms with van der Waals surface area (Å²) in [5.41, 5.74) is 2.00. The van der Waals surface area contributed by atoms with E-state index in [2.05, 4.69) is 10.2 Å². The number of nitrogens with one attached hydrogen (secondary N) is 1. The molecule has 1 fully saturated rings. The minimum Gasteiger partial charge on any atom is -0.455 e. The highest BCUT2D eigenvalue weighted by molar-refractivity contribution is 5.91. The number of carbonyl (C=O) groups excluding carboxylic acids is 1. The third kappa shape index (κ3) is 6.05. The van der Waals surface area contributed by atoms with Crippen molar-refractivity contribution in [1.29, 1.82) is 0 Å². The maximum absolute atomic E-state index is 13.7. The fraction of sp³-hybridized carbons (Fsp3) is 0.346. The second-order valence-electron chi connectivity index (χ2n) is 8.26. The summed E-state index contributed by atoms with van der Waals surface area (Å²) in [6.45, 7) is 1.73. The maximum Gasteiger partial charge on any atom is 0.287 e. The Balaban J connectivity index is 1.41. The molecule has 4 rings (SSSR count). The Labute approximate surface area is 183 Å². The van der Waals surface area contributed by atoms with Crippen molar-refractivity contribution in [1.82, 2.24) is 10.2 Å². The summed E-state index contributed by atoms with van der Waals surface area (Å²) in [6, 6.07) is 20.6. The minimum atomic E-state index is -0.218. The van der Waals surface area contributed by atoms with Gasteiger partial charge in [-0.05, 0) is 48.2 Å². The predicted octanol–water partition coefficient (Wildman–Crippen LogP) is 5.68. The zero-order chi connectivity index (χ0) is 21.5. The molecule has 0 radical (unpaired) electrons. The molecule has 1 N–H and O–H groups in total. The number of furan rings is 1. The summed E-state index contributed by atoms with van der Waals surface area (Å²) in [4.78, 5) is 14.8. The van der Waals surface area contributed by atoms with Crippen LogP contribution in [0.4, 0.5) is 4.39 Å². The fourth-order valence-corrected chi connectivity index (χ4v) is 4.28. The zero-order valence-corrected chi connectivity index (χ0v) is 17.7. The van der Waals surface area contributed by atoms with E-state index in [0.29, 0.717) is 31.4 Å². The first-order chi connectivity index (χ1) is 15.2. The molecule has 1 amide bonds. The molecule has 1 saturated carbocycles. The molecule has 0 bridgehead atoms. The number of halogens is 1. The van der Waals surface area contributed by atoms with Gasteiger partial charge in [0, 0.05) is 19.1 Å². The Bertz CT molecular complexity index is 980. The van der Waals surface area contributed by atoms with Crippen LogP contribution in [0.2, 0.25) is 0 Å². The summed E-state index contributed by atoms with van der Waals surface area (Å²) in [5, 5.41) is 2.90. The first kappa shape index (κ1) is 21.3. The van der Waals surface area contributed by atoms with Crippen molar-refractivity contribution in [3.05, 3.63) is 95.2 Å². The van der Waals surface area contributed by atoms with Gasteiger partial charge in [0.2, 0.25) is 0 Å². The molecule has 0 atom stereocenters. The van der Waals surface area contributed by atoms with Crippen molar-refractivity contribution in [2.24, 2.45) is 0 Å². The highest BCUT2D eigenvalue weighted by atomic mass is 19.1. The van der Waals surface area contributed by atoms with Gasteiger partial charge >= 0.3 is 0 Å². The van der Waals surface area contributed by atoms with E-state index < -0.39 is 0 Å². The van der Waals surface area contributed by atoms with E-state index in [0.717, 1.165) is 29.7 Å². The van der Waals surface area contributed by atoms with E-state index in [1.54, 1.807) is 18.2 Å². The van der Waals surface area contributed by atoms with Gasteiger partial charge in [0.1, 0.15) is 11.6 Å². The molecule has 1 heterocycles. The lowest BCUT2D eigenvalue weighted by molar-refractivity contribution is 0.0913. The Kier molecular flexibility index (Phi) is 7.15. The molecule has 1 aliphatic rings. The minimum absolute atomic E-state index is 0.212. The molecule has 31 heavy (non-hydrogen) atoms. The molecule has 0 spiro atoms. The molecule has 2 aromatic carbocycles. The molecule has 5 heteroatoms. The lowest BCUT2D eigenvalue weighted by Gasteiger charge is -2.34. The predicted molar refractivity (Wildman–Crippen MR) is 119 cm³/mol. The smallest absolute Gasteiger partial charge is 0.287 e. The molecule has 1 aliphatic carbocycles.